The first-order chi connectivity index (χ1) is 14.5. The third-order valence-corrected chi connectivity index (χ3v) is 3.93. The highest BCUT2D eigenvalue weighted by Crippen LogP contribution is 2.21. The van der Waals surface area contributed by atoms with E-state index in [1.807, 2.05) is 6.92 Å². The number of benzene rings is 2. The van der Waals surface area contributed by atoms with Crippen LogP contribution in [0, 0.1) is 0 Å². The van der Waals surface area contributed by atoms with Gasteiger partial charge in [0.05, 0.1) is 13.2 Å². The molecule has 8 heteroatoms. The minimum absolute atomic E-state index is 0.143. The molecular weight excluding hydrogens is 392 g/mol. The van der Waals surface area contributed by atoms with Gasteiger partial charge in [-0.05, 0) is 56.3 Å². The first-order valence-corrected chi connectivity index (χ1v) is 9.31. The van der Waals surface area contributed by atoms with E-state index in [0.29, 0.717) is 23.5 Å². The lowest BCUT2D eigenvalue weighted by Crippen LogP contribution is -2.18. The van der Waals surface area contributed by atoms with Crippen molar-refractivity contribution in [2.24, 2.45) is 0 Å². The maximum Gasteiger partial charge on any atom is 0.351 e. The van der Waals surface area contributed by atoms with Gasteiger partial charge in [0.2, 0.25) is 0 Å². The van der Waals surface area contributed by atoms with Crippen molar-refractivity contribution in [2.45, 2.75) is 13.8 Å². The van der Waals surface area contributed by atoms with Crippen molar-refractivity contribution in [3.05, 3.63) is 64.5 Å². The van der Waals surface area contributed by atoms with Crippen molar-refractivity contribution in [1.82, 2.24) is 0 Å². The van der Waals surface area contributed by atoms with Crippen LogP contribution in [0.5, 0.6) is 17.2 Å². The van der Waals surface area contributed by atoms with Crippen LogP contribution in [0.2, 0.25) is 0 Å². The highest BCUT2D eigenvalue weighted by molar-refractivity contribution is 5.93. The van der Waals surface area contributed by atoms with E-state index < -0.39 is 17.6 Å². The van der Waals surface area contributed by atoms with Crippen molar-refractivity contribution >= 4 is 22.9 Å². The Morgan fingerprint density at radius 2 is 1.53 bits per heavy atom. The molecule has 3 rings (SSSR count). The number of hydrogen-bond donors (Lipinski definition) is 0. The van der Waals surface area contributed by atoms with Crippen LogP contribution in [0.4, 0.5) is 0 Å². The standard InChI is InChI=1S/C22H20O8/c1-3-26-15-7-9-16(10-8-15)28-13-20(23)29-17-6-5-14-11-18(21(24)27-4-2)22(25)30-19(14)12-17/h5-12H,3-4,13H2,1-2H3. The minimum atomic E-state index is -0.830. The lowest BCUT2D eigenvalue weighted by molar-refractivity contribution is -0.136. The van der Waals surface area contributed by atoms with Crippen LogP contribution in [-0.2, 0) is 9.53 Å². The average Bonchev–Trinajstić information content (AvgIpc) is 2.73. The summed E-state index contributed by atoms with van der Waals surface area (Å²) in [5.74, 6) is -0.0127. The monoisotopic (exact) mass is 412 g/mol. The van der Waals surface area contributed by atoms with Gasteiger partial charge in [0.15, 0.2) is 6.61 Å². The van der Waals surface area contributed by atoms with Gasteiger partial charge in [0.1, 0.15) is 28.4 Å². The topological polar surface area (TPSA) is 101 Å². The van der Waals surface area contributed by atoms with E-state index in [9.17, 15) is 14.4 Å². The molecule has 0 N–H and O–H groups in total. The molecule has 0 radical (unpaired) electrons. The molecule has 0 unspecified atom stereocenters. The number of carbonyl (C=O) groups is 2. The van der Waals surface area contributed by atoms with E-state index in [1.54, 1.807) is 37.3 Å². The Balaban J connectivity index is 1.65. The highest BCUT2D eigenvalue weighted by Gasteiger charge is 2.15. The molecule has 0 spiro atoms. The average molecular weight is 412 g/mol. The van der Waals surface area contributed by atoms with Crippen LogP contribution >= 0.6 is 0 Å². The van der Waals surface area contributed by atoms with Crippen molar-refractivity contribution < 1.29 is 33.0 Å². The molecule has 0 fully saturated rings. The summed E-state index contributed by atoms with van der Waals surface area (Å²) >= 11 is 0. The molecule has 1 heterocycles. The van der Waals surface area contributed by atoms with Gasteiger partial charge in [-0.2, -0.15) is 0 Å². The van der Waals surface area contributed by atoms with Gasteiger partial charge in [0, 0.05) is 11.5 Å². The minimum Gasteiger partial charge on any atom is -0.494 e. The Kier molecular flexibility index (Phi) is 6.69. The Morgan fingerprint density at radius 1 is 0.867 bits per heavy atom. The van der Waals surface area contributed by atoms with Crippen molar-refractivity contribution in [3.8, 4) is 17.2 Å². The van der Waals surface area contributed by atoms with Crippen molar-refractivity contribution in [2.75, 3.05) is 19.8 Å². The molecule has 3 aromatic rings. The zero-order valence-corrected chi connectivity index (χ0v) is 16.5. The Morgan fingerprint density at radius 3 is 2.20 bits per heavy atom. The van der Waals surface area contributed by atoms with Crippen LogP contribution in [0.3, 0.4) is 0 Å². The second kappa shape index (κ2) is 9.60. The molecule has 0 amide bonds. The second-order valence-electron chi connectivity index (χ2n) is 6.03. The molecule has 30 heavy (non-hydrogen) atoms. The number of carbonyl (C=O) groups excluding carboxylic acids is 2. The zero-order chi connectivity index (χ0) is 21.5. The summed E-state index contributed by atoms with van der Waals surface area (Å²) in [4.78, 5) is 35.8. The van der Waals surface area contributed by atoms with Gasteiger partial charge in [-0.3, -0.25) is 0 Å². The van der Waals surface area contributed by atoms with Crippen LogP contribution in [-0.4, -0.2) is 31.8 Å². The summed E-state index contributed by atoms with van der Waals surface area (Å²) in [7, 11) is 0. The third kappa shape index (κ3) is 5.16. The number of esters is 2. The Bertz CT molecular complexity index is 1100. The molecule has 0 bridgehead atoms. The summed E-state index contributed by atoms with van der Waals surface area (Å²) in [6, 6.07) is 12.7. The third-order valence-electron chi connectivity index (χ3n) is 3.93. The number of fused-ring (bicyclic) bond motifs is 1. The molecule has 8 nitrogen and oxygen atoms in total. The Hall–Kier alpha value is -3.81. The van der Waals surface area contributed by atoms with E-state index >= 15 is 0 Å². The molecule has 0 aliphatic carbocycles. The largest absolute Gasteiger partial charge is 0.494 e. The fraction of sp³-hybridized carbons (Fsp3) is 0.227. The number of hydrogen-bond acceptors (Lipinski definition) is 8. The molecule has 0 aliphatic heterocycles. The highest BCUT2D eigenvalue weighted by atomic mass is 16.6. The van der Waals surface area contributed by atoms with Crippen molar-refractivity contribution in [1.29, 1.82) is 0 Å². The van der Waals surface area contributed by atoms with Gasteiger partial charge in [-0.1, -0.05) is 0 Å². The van der Waals surface area contributed by atoms with E-state index in [-0.39, 0.29) is 30.1 Å². The van der Waals surface area contributed by atoms with Crippen LogP contribution < -0.4 is 19.8 Å². The predicted molar refractivity (Wildman–Crippen MR) is 107 cm³/mol. The molecule has 0 aliphatic rings. The maximum atomic E-state index is 12.0. The van der Waals surface area contributed by atoms with Crippen LogP contribution in [0.25, 0.3) is 11.0 Å². The zero-order valence-electron chi connectivity index (χ0n) is 16.5. The van der Waals surface area contributed by atoms with E-state index in [2.05, 4.69) is 0 Å². The SMILES string of the molecule is CCOC(=O)c1cc2ccc(OC(=O)COc3ccc(OCC)cc3)cc2oc1=O. The quantitative estimate of drug-likeness (QED) is 0.315. The van der Waals surface area contributed by atoms with Gasteiger partial charge < -0.3 is 23.4 Å². The maximum absolute atomic E-state index is 12.0. The molecule has 1 aromatic heterocycles. The molecule has 0 atom stereocenters. The number of ether oxygens (including phenoxy) is 4. The summed E-state index contributed by atoms with van der Waals surface area (Å²) in [6.45, 7) is 3.92. The number of rotatable bonds is 8. The molecule has 156 valence electrons. The van der Waals surface area contributed by atoms with Gasteiger partial charge in [0.25, 0.3) is 0 Å². The first-order valence-electron chi connectivity index (χ1n) is 9.31. The second-order valence-corrected chi connectivity index (χ2v) is 6.03. The lowest BCUT2D eigenvalue weighted by Gasteiger charge is -2.08. The van der Waals surface area contributed by atoms with E-state index in [1.165, 1.54) is 18.2 Å². The fourth-order valence-corrected chi connectivity index (χ4v) is 2.61. The molecule has 0 saturated heterocycles. The summed E-state index contributed by atoms with van der Waals surface area (Å²) < 4.78 is 25.9. The molecule has 2 aromatic carbocycles. The first kappa shape index (κ1) is 20.9. The normalized spacial score (nSPS) is 10.5. The summed E-state index contributed by atoms with van der Waals surface area (Å²) in [6.07, 6.45) is 0. The van der Waals surface area contributed by atoms with Gasteiger partial charge in [-0.15, -0.1) is 0 Å². The van der Waals surface area contributed by atoms with Gasteiger partial charge >= 0.3 is 17.6 Å². The van der Waals surface area contributed by atoms with Crippen LogP contribution in [0.15, 0.2) is 57.7 Å². The molecular formula is C22H20O8. The van der Waals surface area contributed by atoms with Gasteiger partial charge in [-0.25, -0.2) is 14.4 Å². The lowest BCUT2D eigenvalue weighted by atomic mass is 10.2. The van der Waals surface area contributed by atoms with E-state index in [4.69, 9.17) is 23.4 Å². The smallest absolute Gasteiger partial charge is 0.351 e. The summed E-state index contributed by atoms with van der Waals surface area (Å²) in [5.41, 5.74) is -0.855. The van der Waals surface area contributed by atoms with Crippen LogP contribution in [0.1, 0.15) is 24.2 Å². The summed E-state index contributed by atoms with van der Waals surface area (Å²) in [5, 5.41) is 0.489. The Labute approximate surface area is 171 Å². The molecule has 0 saturated carbocycles. The predicted octanol–water partition coefficient (Wildman–Crippen LogP) is 3.35. The van der Waals surface area contributed by atoms with Crippen molar-refractivity contribution in [3.63, 3.8) is 0 Å². The fourth-order valence-electron chi connectivity index (χ4n) is 2.61. The van der Waals surface area contributed by atoms with E-state index in [0.717, 1.165) is 0 Å².